The van der Waals surface area contributed by atoms with E-state index in [0.717, 1.165) is 63.4 Å². The van der Waals surface area contributed by atoms with Gasteiger partial charge in [0.1, 0.15) is 0 Å². The average molecular weight is 614 g/mol. The molecular formula is C33H43N9O3. The number of fused-ring (bicyclic) bond motifs is 2. The van der Waals surface area contributed by atoms with Gasteiger partial charge in [-0.1, -0.05) is 6.92 Å². The summed E-state index contributed by atoms with van der Waals surface area (Å²) in [6, 6.07) is 16.2. The van der Waals surface area contributed by atoms with Crippen molar-refractivity contribution in [3.05, 3.63) is 48.5 Å². The van der Waals surface area contributed by atoms with Gasteiger partial charge in [0.2, 0.25) is 11.9 Å². The minimum Gasteiger partial charge on any atom is -0.377 e. The molecule has 2 unspecified atom stereocenters. The summed E-state index contributed by atoms with van der Waals surface area (Å²) < 4.78 is 11.5. The van der Waals surface area contributed by atoms with Crippen molar-refractivity contribution in [2.45, 2.75) is 44.8 Å². The number of hydrogen-bond acceptors (Lipinski definition) is 10. The number of piperazine rings is 1. The van der Waals surface area contributed by atoms with Gasteiger partial charge in [0.25, 0.3) is 0 Å². The molecule has 2 amide bonds. The molecule has 4 fully saturated rings. The summed E-state index contributed by atoms with van der Waals surface area (Å²) in [5.74, 6) is 2.00. The van der Waals surface area contributed by atoms with Crippen LogP contribution in [0.5, 0.6) is 0 Å². The molecule has 0 radical (unpaired) electrons. The summed E-state index contributed by atoms with van der Waals surface area (Å²) in [7, 11) is 0. The molecule has 5 heterocycles. The van der Waals surface area contributed by atoms with E-state index < -0.39 is 0 Å². The van der Waals surface area contributed by atoms with E-state index in [-0.39, 0.29) is 24.2 Å². The first-order chi connectivity index (χ1) is 22.0. The van der Waals surface area contributed by atoms with Crippen LogP contribution in [0.2, 0.25) is 0 Å². The topological polar surface area (TPSA) is 111 Å². The van der Waals surface area contributed by atoms with Crippen LogP contribution < -0.4 is 25.3 Å². The van der Waals surface area contributed by atoms with E-state index in [9.17, 15) is 4.79 Å². The minimum atomic E-state index is -0.291. The highest BCUT2D eigenvalue weighted by Crippen LogP contribution is 2.34. The smallest absolute Gasteiger partial charge is 0.323 e. The lowest BCUT2D eigenvalue weighted by Gasteiger charge is -2.36. The third kappa shape index (κ3) is 6.54. The molecule has 1 aromatic heterocycles. The Morgan fingerprint density at radius 2 is 1.44 bits per heavy atom. The normalized spacial score (nSPS) is 23.7. The van der Waals surface area contributed by atoms with Crippen molar-refractivity contribution in [1.82, 2.24) is 19.9 Å². The third-order valence-corrected chi connectivity index (χ3v) is 9.42. The fraction of sp³-hybridized carbons (Fsp3) is 0.515. The van der Waals surface area contributed by atoms with Gasteiger partial charge in [-0.25, -0.2) is 4.79 Å². The Labute approximate surface area is 264 Å². The second kappa shape index (κ2) is 13.2. The molecule has 2 aromatic carbocycles. The number of ether oxygens (including phenoxy) is 2. The maximum atomic E-state index is 12.8. The van der Waals surface area contributed by atoms with Crippen LogP contribution in [0.15, 0.2) is 48.5 Å². The first-order valence-electron chi connectivity index (χ1n) is 16.3. The highest BCUT2D eigenvalue weighted by molar-refractivity contribution is 5.99. The number of carbonyl (C=O) groups excluding carboxylic acids is 1. The monoisotopic (exact) mass is 613 g/mol. The van der Waals surface area contributed by atoms with E-state index in [4.69, 9.17) is 24.4 Å². The molecule has 0 spiro atoms. The minimum absolute atomic E-state index is 0.168. The lowest BCUT2D eigenvalue weighted by atomic mass is 10.2. The van der Waals surface area contributed by atoms with Gasteiger partial charge < -0.3 is 39.7 Å². The molecule has 12 heteroatoms. The molecule has 45 heavy (non-hydrogen) atoms. The van der Waals surface area contributed by atoms with E-state index >= 15 is 0 Å². The van der Waals surface area contributed by atoms with Crippen LogP contribution in [-0.2, 0) is 9.47 Å². The first kappa shape index (κ1) is 29.7. The Hall–Kier alpha value is -4.00. The molecule has 4 saturated heterocycles. The number of carbonyl (C=O) groups is 1. The highest BCUT2D eigenvalue weighted by Gasteiger charge is 2.39. The largest absolute Gasteiger partial charge is 0.377 e. The number of aromatic nitrogens is 3. The molecule has 12 nitrogen and oxygen atoms in total. The van der Waals surface area contributed by atoms with Crippen LogP contribution in [0.3, 0.4) is 0 Å². The molecule has 238 valence electrons. The zero-order valence-corrected chi connectivity index (χ0v) is 26.2. The van der Waals surface area contributed by atoms with Gasteiger partial charge in [0, 0.05) is 55.3 Å². The van der Waals surface area contributed by atoms with Crippen LogP contribution in [-0.4, -0.2) is 110 Å². The second-order valence-corrected chi connectivity index (χ2v) is 12.3. The number of hydrogen-bond donors (Lipinski definition) is 2. The zero-order valence-electron chi connectivity index (χ0n) is 26.2. The SMILES string of the molecule is CCN1CCN(c2ccc(NC(=O)Nc3ccc(-c4nc(N5C6CCC5COC6)nc(N5CCOC[C@H]5C)n4)cc3)cc2)CC1. The van der Waals surface area contributed by atoms with Crippen molar-refractivity contribution in [3.63, 3.8) is 0 Å². The lowest BCUT2D eigenvalue weighted by molar-refractivity contribution is 0.0895. The molecule has 0 aliphatic carbocycles. The predicted molar refractivity (Wildman–Crippen MR) is 176 cm³/mol. The van der Waals surface area contributed by atoms with Crippen molar-refractivity contribution in [2.75, 3.05) is 91.0 Å². The maximum Gasteiger partial charge on any atom is 0.323 e. The molecule has 4 aliphatic heterocycles. The number of nitrogens with one attached hydrogen (secondary N) is 2. The van der Waals surface area contributed by atoms with Gasteiger partial charge in [-0.05, 0) is 74.8 Å². The summed E-state index contributed by atoms with van der Waals surface area (Å²) in [4.78, 5) is 37.1. The quantitative estimate of drug-likeness (QED) is 0.407. The van der Waals surface area contributed by atoms with Gasteiger partial charge in [-0.3, -0.25) is 0 Å². The Balaban J connectivity index is 1.04. The molecule has 0 saturated carbocycles. The van der Waals surface area contributed by atoms with Crippen LogP contribution >= 0.6 is 0 Å². The average Bonchev–Trinajstić information content (AvgIpc) is 3.33. The zero-order chi connectivity index (χ0) is 30.8. The van der Waals surface area contributed by atoms with Gasteiger partial charge in [-0.15, -0.1) is 0 Å². The summed E-state index contributed by atoms with van der Waals surface area (Å²) in [5.41, 5.74) is 3.48. The fourth-order valence-electron chi connectivity index (χ4n) is 6.78. The number of rotatable bonds is 7. The molecule has 3 atom stereocenters. The predicted octanol–water partition coefficient (Wildman–Crippen LogP) is 3.92. The van der Waals surface area contributed by atoms with Gasteiger partial charge in [-0.2, -0.15) is 15.0 Å². The van der Waals surface area contributed by atoms with Crippen molar-refractivity contribution in [1.29, 1.82) is 0 Å². The van der Waals surface area contributed by atoms with E-state index in [1.807, 2.05) is 36.4 Å². The second-order valence-electron chi connectivity index (χ2n) is 12.3. The van der Waals surface area contributed by atoms with Crippen LogP contribution in [0.25, 0.3) is 11.4 Å². The van der Waals surface area contributed by atoms with Crippen molar-refractivity contribution < 1.29 is 14.3 Å². The number of morpholine rings is 2. The Kier molecular flexibility index (Phi) is 8.68. The van der Waals surface area contributed by atoms with Crippen LogP contribution in [0.1, 0.15) is 26.7 Å². The number of likely N-dealkylation sites (N-methyl/N-ethyl adjacent to an activating group) is 1. The Bertz CT molecular complexity index is 1450. The summed E-state index contributed by atoms with van der Waals surface area (Å²) in [5, 5.41) is 5.89. The lowest BCUT2D eigenvalue weighted by Crippen LogP contribution is -2.48. The molecule has 2 bridgehead atoms. The van der Waals surface area contributed by atoms with Gasteiger partial charge in [0.05, 0.1) is 44.6 Å². The molecule has 7 rings (SSSR count). The van der Waals surface area contributed by atoms with E-state index in [0.29, 0.717) is 49.8 Å². The molecule has 2 N–H and O–H groups in total. The number of nitrogens with zero attached hydrogens (tertiary/aromatic N) is 7. The van der Waals surface area contributed by atoms with Crippen LogP contribution in [0.4, 0.5) is 33.8 Å². The third-order valence-electron chi connectivity index (χ3n) is 9.42. The van der Waals surface area contributed by atoms with Gasteiger partial charge in [0.15, 0.2) is 5.82 Å². The number of urea groups is 1. The summed E-state index contributed by atoms with van der Waals surface area (Å²) >= 11 is 0. The van der Waals surface area contributed by atoms with Gasteiger partial charge >= 0.3 is 6.03 Å². The first-order valence-corrected chi connectivity index (χ1v) is 16.3. The summed E-state index contributed by atoms with van der Waals surface area (Å²) in [6.45, 7) is 13.0. The fourth-order valence-corrected chi connectivity index (χ4v) is 6.78. The molecule has 4 aliphatic rings. The number of amides is 2. The number of benzene rings is 2. The van der Waals surface area contributed by atoms with E-state index in [1.165, 1.54) is 5.69 Å². The number of anilines is 5. The van der Waals surface area contributed by atoms with Crippen molar-refractivity contribution in [3.8, 4) is 11.4 Å². The van der Waals surface area contributed by atoms with Crippen molar-refractivity contribution >= 4 is 35.0 Å². The van der Waals surface area contributed by atoms with E-state index in [2.05, 4.69) is 56.2 Å². The molecule has 3 aromatic rings. The highest BCUT2D eigenvalue weighted by atomic mass is 16.5. The Morgan fingerprint density at radius 3 is 2.09 bits per heavy atom. The van der Waals surface area contributed by atoms with E-state index in [1.54, 1.807) is 0 Å². The van der Waals surface area contributed by atoms with Crippen LogP contribution in [0, 0.1) is 0 Å². The Morgan fingerprint density at radius 1 is 0.800 bits per heavy atom. The van der Waals surface area contributed by atoms with Crippen molar-refractivity contribution in [2.24, 2.45) is 0 Å². The summed E-state index contributed by atoms with van der Waals surface area (Å²) in [6.07, 6.45) is 2.16. The standard InChI is InChI=1S/C33H43N9O3/c1-3-39-14-16-40(17-15-39)27-10-8-26(9-11-27)35-33(43)34-25-6-4-24(5-7-25)30-36-31(41-18-19-44-20-23(41)2)38-32(37-30)42-28-12-13-29(42)22-45-21-28/h4-11,23,28-29H,3,12-22H2,1-2H3,(H2,34,35,43)/t23-,28?,29?/m1/s1. The molecular weight excluding hydrogens is 570 g/mol. The maximum absolute atomic E-state index is 12.8.